The summed E-state index contributed by atoms with van der Waals surface area (Å²) in [5, 5.41) is 4.02. The van der Waals surface area contributed by atoms with Gasteiger partial charge in [-0.05, 0) is 37.6 Å². The number of nitrogens with zero attached hydrogens (tertiary/aromatic N) is 3. The van der Waals surface area contributed by atoms with Gasteiger partial charge in [0.25, 0.3) is 0 Å². The molecule has 4 rings (SSSR count). The van der Waals surface area contributed by atoms with Crippen molar-refractivity contribution in [3.63, 3.8) is 0 Å². The number of morpholine rings is 1. The van der Waals surface area contributed by atoms with E-state index in [1.807, 2.05) is 19.1 Å². The lowest BCUT2D eigenvalue weighted by Gasteiger charge is -2.26. The molecule has 1 aliphatic heterocycles. The van der Waals surface area contributed by atoms with E-state index in [4.69, 9.17) is 25.8 Å². The fraction of sp³-hybridized carbons (Fsp3) is 0.391. The molecule has 0 saturated carbocycles. The summed E-state index contributed by atoms with van der Waals surface area (Å²) in [5.74, 6) is 1.93. The van der Waals surface area contributed by atoms with Gasteiger partial charge in [0, 0.05) is 36.8 Å². The van der Waals surface area contributed by atoms with E-state index >= 15 is 0 Å². The lowest BCUT2D eigenvalue weighted by molar-refractivity contribution is 0.0357. The van der Waals surface area contributed by atoms with Crippen LogP contribution < -0.4 is 14.8 Å². The smallest absolute Gasteiger partial charge is 0.162 e. The van der Waals surface area contributed by atoms with Crippen LogP contribution in [0.5, 0.6) is 11.5 Å². The van der Waals surface area contributed by atoms with Gasteiger partial charge in [0.2, 0.25) is 0 Å². The van der Waals surface area contributed by atoms with E-state index < -0.39 is 5.82 Å². The van der Waals surface area contributed by atoms with E-state index in [1.165, 1.54) is 12.1 Å². The maximum Gasteiger partial charge on any atom is 0.162 e. The first-order valence-electron chi connectivity index (χ1n) is 10.5. The van der Waals surface area contributed by atoms with Crippen molar-refractivity contribution < 1.29 is 18.6 Å². The monoisotopic (exact) mass is 460 g/mol. The van der Waals surface area contributed by atoms with Crippen LogP contribution in [-0.4, -0.2) is 61.4 Å². The summed E-state index contributed by atoms with van der Waals surface area (Å²) in [6.45, 7) is 6.81. The number of rotatable bonds is 8. The molecule has 0 radical (unpaired) electrons. The van der Waals surface area contributed by atoms with E-state index in [0.29, 0.717) is 41.0 Å². The van der Waals surface area contributed by atoms with Gasteiger partial charge in [-0.25, -0.2) is 14.4 Å². The molecule has 7 nitrogen and oxygen atoms in total. The molecule has 170 valence electrons. The Bertz CT molecular complexity index is 1090. The summed E-state index contributed by atoms with van der Waals surface area (Å²) in [6, 6.07) is 8.15. The molecule has 1 saturated heterocycles. The summed E-state index contributed by atoms with van der Waals surface area (Å²) in [7, 11) is 1.61. The van der Waals surface area contributed by atoms with Gasteiger partial charge >= 0.3 is 0 Å². The van der Waals surface area contributed by atoms with Crippen LogP contribution in [-0.2, 0) is 4.74 Å². The molecule has 0 atom stereocenters. The number of nitrogens with one attached hydrogen (secondary N) is 1. The summed E-state index contributed by atoms with van der Waals surface area (Å²) < 4.78 is 30.5. The summed E-state index contributed by atoms with van der Waals surface area (Å²) in [4.78, 5) is 11.4. The standard InChI is InChI=1S/C23H26ClFN4O3/c1-15-26-20-14-21(30-2)22(32-9-3-6-29-7-10-31-11-8-29)13-17(20)23(27-15)28-16-4-5-19(25)18(24)12-16/h4-5,12-14H,3,6-11H2,1-2H3,(H,26,27,28). The zero-order valence-electron chi connectivity index (χ0n) is 18.2. The van der Waals surface area contributed by atoms with Crippen molar-refractivity contribution in [2.75, 3.05) is 51.9 Å². The highest BCUT2D eigenvalue weighted by Crippen LogP contribution is 2.35. The van der Waals surface area contributed by atoms with Crippen LogP contribution in [0, 0.1) is 12.7 Å². The van der Waals surface area contributed by atoms with Gasteiger partial charge in [-0.1, -0.05) is 11.6 Å². The first kappa shape index (κ1) is 22.5. The number of hydrogen-bond donors (Lipinski definition) is 1. The Morgan fingerprint density at radius 1 is 1.16 bits per heavy atom. The average molecular weight is 461 g/mol. The Kier molecular flexibility index (Phi) is 7.24. The number of ether oxygens (including phenoxy) is 3. The quantitative estimate of drug-likeness (QED) is 0.493. The first-order valence-corrected chi connectivity index (χ1v) is 10.9. The minimum absolute atomic E-state index is 0.0380. The van der Waals surface area contributed by atoms with Crippen LogP contribution >= 0.6 is 11.6 Å². The molecule has 9 heteroatoms. The number of benzene rings is 2. The van der Waals surface area contributed by atoms with E-state index in [1.54, 1.807) is 13.2 Å². The molecule has 1 fully saturated rings. The number of methoxy groups -OCH3 is 1. The average Bonchev–Trinajstić information content (AvgIpc) is 2.79. The minimum atomic E-state index is -0.474. The largest absolute Gasteiger partial charge is 0.493 e. The molecule has 1 aromatic heterocycles. The maximum absolute atomic E-state index is 13.5. The number of aromatic nitrogens is 2. The molecule has 1 aliphatic rings. The summed E-state index contributed by atoms with van der Waals surface area (Å²) in [5.41, 5.74) is 1.34. The Labute approximate surface area is 191 Å². The molecule has 0 aliphatic carbocycles. The molecular formula is C23H26ClFN4O3. The molecule has 0 bridgehead atoms. The number of halogens is 2. The summed E-state index contributed by atoms with van der Waals surface area (Å²) >= 11 is 5.93. The fourth-order valence-corrected chi connectivity index (χ4v) is 3.81. The van der Waals surface area contributed by atoms with Gasteiger partial charge in [0.05, 0.1) is 37.5 Å². The molecule has 3 aromatic rings. The van der Waals surface area contributed by atoms with Crippen molar-refractivity contribution in [3.05, 3.63) is 47.0 Å². The minimum Gasteiger partial charge on any atom is -0.493 e. The second-order valence-electron chi connectivity index (χ2n) is 7.55. The highest BCUT2D eigenvalue weighted by molar-refractivity contribution is 6.31. The van der Waals surface area contributed by atoms with Gasteiger partial charge in [0.15, 0.2) is 11.5 Å². The molecule has 2 aromatic carbocycles. The van der Waals surface area contributed by atoms with Crippen LogP contribution in [0.4, 0.5) is 15.9 Å². The second kappa shape index (κ2) is 10.3. The molecule has 0 amide bonds. The van der Waals surface area contributed by atoms with Gasteiger partial charge in [-0.3, -0.25) is 4.90 Å². The summed E-state index contributed by atoms with van der Waals surface area (Å²) in [6.07, 6.45) is 0.894. The molecule has 2 heterocycles. The van der Waals surface area contributed by atoms with E-state index in [2.05, 4.69) is 20.2 Å². The van der Waals surface area contributed by atoms with Crippen molar-refractivity contribution in [2.24, 2.45) is 0 Å². The van der Waals surface area contributed by atoms with Crippen LogP contribution in [0.25, 0.3) is 10.9 Å². The maximum atomic E-state index is 13.5. The third-order valence-corrected chi connectivity index (χ3v) is 5.54. The Morgan fingerprint density at radius 2 is 1.97 bits per heavy atom. The van der Waals surface area contributed by atoms with Crippen molar-refractivity contribution >= 4 is 34.0 Å². The highest BCUT2D eigenvalue weighted by Gasteiger charge is 2.14. The van der Waals surface area contributed by atoms with E-state index in [-0.39, 0.29) is 5.02 Å². The Morgan fingerprint density at radius 3 is 2.72 bits per heavy atom. The fourth-order valence-electron chi connectivity index (χ4n) is 3.63. The Hall–Kier alpha value is -2.68. The lowest BCUT2D eigenvalue weighted by Crippen LogP contribution is -2.37. The normalized spacial score (nSPS) is 14.5. The van der Waals surface area contributed by atoms with Crippen LogP contribution in [0.15, 0.2) is 30.3 Å². The zero-order chi connectivity index (χ0) is 22.5. The van der Waals surface area contributed by atoms with Crippen molar-refractivity contribution in [1.82, 2.24) is 14.9 Å². The van der Waals surface area contributed by atoms with E-state index in [0.717, 1.165) is 44.7 Å². The van der Waals surface area contributed by atoms with E-state index in [9.17, 15) is 4.39 Å². The van der Waals surface area contributed by atoms with Crippen molar-refractivity contribution in [3.8, 4) is 11.5 Å². The molecule has 1 N–H and O–H groups in total. The zero-order valence-corrected chi connectivity index (χ0v) is 18.9. The molecule has 0 spiro atoms. The van der Waals surface area contributed by atoms with Crippen molar-refractivity contribution in [1.29, 1.82) is 0 Å². The topological polar surface area (TPSA) is 68.7 Å². The number of anilines is 2. The lowest BCUT2D eigenvalue weighted by atomic mass is 10.2. The van der Waals surface area contributed by atoms with Crippen LogP contribution in [0.2, 0.25) is 5.02 Å². The number of fused-ring (bicyclic) bond motifs is 1. The van der Waals surface area contributed by atoms with Gasteiger partial charge < -0.3 is 19.5 Å². The first-order chi connectivity index (χ1) is 15.5. The predicted octanol–water partition coefficient (Wildman–Crippen LogP) is 4.58. The predicted molar refractivity (Wildman–Crippen MR) is 123 cm³/mol. The molecule has 32 heavy (non-hydrogen) atoms. The molecular weight excluding hydrogens is 435 g/mol. The van der Waals surface area contributed by atoms with Gasteiger partial charge in [-0.15, -0.1) is 0 Å². The van der Waals surface area contributed by atoms with Crippen LogP contribution in [0.1, 0.15) is 12.2 Å². The van der Waals surface area contributed by atoms with Crippen LogP contribution in [0.3, 0.4) is 0 Å². The third-order valence-electron chi connectivity index (χ3n) is 5.26. The second-order valence-corrected chi connectivity index (χ2v) is 7.96. The SMILES string of the molecule is COc1cc2nc(C)nc(Nc3ccc(F)c(Cl)c3)c2cc1OCCCN1CCOCC1. The van der Waals surface area contributed by atoms with Gasteiger partial charge in [0.1, 0.15) is 17.5 Å². The van der Waals surface area contributed by atoms with Gasteiger partial charge in [-0.2, -0.15) is 0 Å². The molecule has 0 unspecified atom stereocenters. The highest BCUT2D eigenvalue weighted by atomic mass is 35.5. The number of aryl methyl sites for hydroxylation is 1. The third kappa shape index (κ3) is 5.38. The number of hydrogen-bond acceptors (Lipinski definition) is 7. The Balaban J connectivity index is 1.55. The van der Waals surface area contributed by atoms with Crippen molar-refractivity contribution in [2.45, 2.75) is 13.3 Å².